The van der Waals surface area contributed by atoms with Crippen molar-refractivity contribution in [3.63, 3.8) is 0 Å². The third kappa shape index (κ3) is 6.41. The van der Waals surface area contributed by atoms with Crippen molar-refractivity contribution in [2.45, 2.75) is 36.7 Å². The summed E-state index contributed by atoms with van der Waals surface area (Å²) in [5.74, 6) is 0.582. The molecule has 2 aromatic carbocycles. The zero-order valence-corrected chi connectivity index (χ0v) is 23.8. The van der Waals surface area contributed by atoms with Crippen LogP contribution in [0.25, 0.3) is 10.9 Å². The fourth-order valence-corrected chi connectivity index (χ4v) is 6.48. The van der Waals surface area contributed by atoms with Crippen LogP contribution < -0.4 is 9.46 Å². The van der Waals surface area contributed by atoms with Crippen LogP contribution in [0.2, 0.25) is 0 Å². The van der Waals surface area contributed by atoms with E-state index in [1.54, 1.807) is 11.0 Å². The number of nitriles is 1. The van der Waals surface area contributed by atoms with Crippen molar-refractivity contribution in [1.82, 2.24) is 19.5 Å². The quantitative estimate of drug-likeness (QED) is 0.359. The second kappa shape index (κ2) is 11.8. The van der Waals surface area contributed by atoms with Crippen molar-refractivity contribution >= 4 is 26.8 Å². The highest BCUT2D eigenvalue weighted by molar-refractivity contribution is 7.89. The Bertz CT molecular complexity index is 1560. The Morgan fingerprint density at radius 3 is 2.63 bits per heavy atom. The fourth-order valence-electron chi connectivity index (χ4n) is 5.33. The van der Waals surface area contributed by atoms with Crippen LogP contribution in [0.3, 0.4) is 0 Å². The van der Waals surface area contributed by atoms with Gasteiger partial charge in [0, 0.05) is 49.8 Å². The molecular formula is C30H35N5O5S. The molecule has 0 bridgehead atoms. The molecular weight excluding hydrogens is 542 g/mol. The lowest BCUT2D eigenvalue weighted by Gasteiger charge is -2.35. The number of fused-ring (bicyclic) bond motifs is 1. The smallest absolute Gasteiger partial charge is 0.257 e. The van der Waals surface area contributed by atoms with Crippen LogP contribution in [0, 0.1) is 17.2 Å². The van der Waals surface area contributed by atoms with Gasteiger partial charge in [-0.1, -0.05) is 0 Å². The number of benzene rings is 2. The van der Waals surface area contributed by atoms with Crippen LogP contribution in [0.4, 0.5) is 0 Å². The summed E-state index contributed by atoms with van der Waals surface area (Å²) in [6, 6.07) is 12.5. The molecule has 2 N–H and O–H groups in total. The van der Waals surface area contributed by atoms with Gasteiger partial charge in [-0.3, -0.25) is 9.69 Å². The number of H-pyrrole nitrogens is 1. The minimum absolute atomic E-state index is 0.0801. The Labute approximate surface area is 240 Å². The van der Waals surface area contributed by atoms with E-state index in [2.05, 4.69) is 20.7 Å². The summed E-state index contributed by atoms with van der Waals surface area (Å²) in [5.41, 5.74) is 3.17. The van der Waals surface area contributed by atoms with E-state index < -0.39 is 10.0 Å². The maximum Gasteiger partial charge on any atom is 0.257 e. The highest BCUT2D eigenvalue weighted by Crippen LogP contribution is 2.30. The number of carbonyl (C=O) groups is 1. The molecule has 0 atom stereocenters. The van der Waals surface area contributed by atoms with Crippen LogP contribution in [-0.4, -0.2) is 87.7 Å². The molecule has 41 heavy (non-hydrogen) atoms. The lowest BCUT2D eigenvalue weighted by molar-refractivity contribution is -0.0799. The molecule has 1 saturated carbocycles. The first kappa shape index (κ1) is 27.7. The average Bonchev–Trinajstić information content (AvgIpc) is 3.72. The van der Waals surface area contributed by atoms with Crippen molar-refractivity contribution in [1.29, 1.82) is 5.26 Å². The summed E-state index contributed by atoms with van der Waals surface area (Å²) < 4.78 is 39.8. The summed E-state index contributed by atoms with van der Waals surface area (Å²) >= 11 is 0. The SMILES string of the molecule is N#Cc1ccc2[nH]cc(CCCN3CCN(C(=O)c4cc(S(=O)(=O)NCC5CC5)ccc4OC4COC4)CC3)c2c1. The molecule has 0 radical (unpaired) electrons. The van der Waals surface area contributed by atoms with Gasteiger partial charge in [-0.25, -0.2) is 13.1 Å². The molecule has 10 nitrogen and oxygen atoms in total. The molecule has 0 unspecified atom stereocenters. The van der Waals surface area contributed by atoms with Crippen LogP contribution in [0.15, 0.2) is 47.5 Å². The van der Waals surface area contributed by atoms with Gasteiger partial charge in [-0.2, -0.15) is 5.26 Å². The van der Waals surface area contributed by atoms with E-state index in [1.807, 2.05) is 24.4 Å². The Kier molecular flexibility index (Phi) is 7.99. The minimum Gasteiger partial charge on any atom is -0.485 e. The lowest BCUT2D eigenvalue weighted by Crippen LogP contribution is -2.49. The van der Waals surface area contributed by atoms with Crippen LogP contribution >= 0.6 is 0 Å². The summed E-state index contributed by atoms with van der Waals surface area (Å²) in [6.07, 6.45) is 5.83. The minimum atomic E-state index is -3.72. The number of piperazine rings is 1. The number of hydrogen-bond donors (Lipinski definition) is 2. The second-order valence-electron chi connectivity index (χ2n) is 11.2. The molecule has 3 heterocycles. The molecule has 1 amide bonds. The van der Waals surface area contributed by atoms with Crippen molar-refractivity contribution in [2.24, 2.45) is 5.92 Å². The van der Waals surface area contributed by atoms with Gasteiger partial charge in [0.15, 0.2) is 0 Å². The standard InChI is InChI=1S/C30H35N5O5S/c31-16-22-5-7-28-26(14-22)23(18-32-28)2-1-9-34-10-12-35(13-11-34)30(36)27-15-25(41(37,38)33-17-21-3-4-21)6-8-29(27)40-24-19-39-20-24/h5-8,14-15,18,21,24,32-33H,1-4,9-13,17,19-20H2. The molecule has 6 rings (SSSR count). The number of amides is 1. The topological polar surface area (TPSA) is 128 Å². The molecule has 2 saturated heterocycles. The predicted octanol–water partition coefficient (Wildman–Crippen LogP) is 2.90. The van der Waals surface area contributed by atoms with Crippen LogP contribution in [-0.2, 0) is 21.2 Å². The molecule has 3 aromatic rings. The molecule has 11 heteroatoms. The maximum absolute atomic E-state index is 13.7. The van der Waals surface area contributed by atoms with E-state index in [0.717, 1.165) is 56.2 Å². The Morgan fingerprint density at radius 1 is 1.12 bits per heavy atom. The van der Waals surface area contributed by atoms with E-state index in [1.165, 1.54) is 17.7 Å². The Balaban J connectivity index is 1.07. The van der Waals surface area contributed by atoms with Crippen molar-refractivity contribution in [3.05, 3.63) is 59.3 Å². The number of sulfonamides is 1. The number of aromatic amines is 1. The molecule has 216 valence electrons. The van der Waals surface area contributed by atoms with Crippen molar-refractivity contribution < 1.29 is 22.7 Å². The van der Waals surface area contributed by atoms with Gasteiger partial charge in [-0.15, -0.1) is 0 Å². The summed E-state index contributed by atoms with van der Waals surface area (Å²) in [7, 11) is -3.72. The first-order valence-electron chi connectivity index (χ1n) is 14.3. The van der Waals surface area contributed by atoms with Gasteiger partial charge in [0.1, 0.15) is 11.9 Å². The van der Waals surface area contributed by atoms with Gasteiger partial charge < -0.3 is 19.4 Å². The number of nitrogens with one attached hydrogen (secondary N) is 2. The summed E-state index contributed by atoms with van der Waals surface area (Å²) in [5, 5.41) is 10.3. The number of hydrogen-bond acceptors (Lipinski definition) is 7. The number of ether oxygens (including phenoxy) is 2. The van der Waals surface area contributed by atoms with Gasteiger partial charge in [-0.05, 0) is 80.1 Å². The van der Waals surface area contributed by atoms with Gasteiger partial charge >= 0.3 is 0 Å². The van der Waals surface area contributed by atoms with Gasteiger partial charge in [0.25, 0.3) is 5.91 Å². The average molecular weight is 578 g/mol. The first-order valence-corrected chi connectivity index (χ1v) is 15.8. The van der Waals surface area contributed by atoms with E-state index in [0.29, 0.717) is 50.1 Å². The zero-order chi connectivity index (χ0) is 28.4. The molecule has 3 fully saturated rings. The Morgan fingerprint density at radius 2 is 1.93 bits per heavy atom. The van der Waals surface area contributed by atoms with E-state index in [9.17, 15) is 18.5 Å². The molecule has 3 aliphatic rings. The van der Waals surface area contributed by atoms with Crippen LogP contribution in [0.5, 0.6) is 5.75 Å². The largest absolute Gasteiger partial charge is 0.485 e. The highest BCUT2D eigenvalue weighted by Gasteiger charge is 2.30. The number of aromatic nitrogens is 1. The Hall–Kier alpha value is -3.43. The predicted molar refractivity (Wildman–Crippen MR) is 153 cm³/mol. The monoisotopic (exact) mass is 577 g/mol. The van der Waals surface area contributed by atoms with Crippen molar-refractivity contribution in [3.8, 4) is 11.8 Å². The number of nitrogens with zero attached hydrogens (tertiary/aromatic N) is 3. The van der Waals surface area contributed by atoms with E-state index >= 15 is 0 Å². The molecule has 1 aromatic heterocycles. The van der Waals surface area contributed by atoms with E-state index in [4.69, 9.17) is 9.47 Å². The lowest BCUT2D eigenvalue weighted by atomic mass is 10.1. The molecule has 2 aliphatic heterocycles. The molecule has 0 spiro atoms. The zero-order valence-electron chi connectivity index (χ0n) is 23.0. The second-order valence-corrected chi connectivity index (χ2v) is 12.9. The fraction of sp³-hybridized carbons (Fsp3) is 0.467. The third-order valence-corrected chi connectivity index (χ3v) is 9.55. The number of carbonyl (C=O) groups excluding carboxylic acids is 1. The van der Waals surface area contributed by atoms with Crippen molar-refractivity contribution in [2.75, 3.05) is 52.5 Å². The van der Waals surface area contributed by atoms with Gasteiger partial charge in [0.05, 0.1) is 35.3 Å². The molecule has 1 aliphatic carbocycles. The normalized spacial score (nSPS) is 18.3. The summed E-state index contributed by atoms with van der Waals surface area (Å²) in [4.78, 5) is 21.2. The summed E-state index contributed by atoms with van der Waals surface area (Å²) in [6.45, 7) is 4.83. The van der Waals surface area contributed by atoms with E-state index in [-0.39, 0.29) is 22.5 Å². The number of aryl methyl sites for hydroxylation is 1. The number of rotatable bonds is 11. The third-order valence-electron chi connectivity index (χ3n) is 8.13. The van der Waals surface area contributed by atoms with Crippen LogP contribution in [0.1, 0.15) is 40.7 Å². The maximum atomic E-state index is 13.7. The highest BCUT2D eigenvalue weighted by atomic mass is 32.2. The first-order chi connectivity index (χ1) is 19.9. The van der Waals surface area contributed by atoms with Gasteiger partial charge in [0.2, 0.25) is 10.0 Å².